The third-order valence-electron chi connectivity index (χ3n) is 2.78. The molecule has 1 rings (SSSR count). The van der Waals surface area contributed by atoms with Gasteiger partial charge in [-0.25, -0.2) is 0 Å². The van der Waals surface area contributed by atoms with Crippen LogP contribution in [0.2, 0.25) is 0 Å². The second-order valence-corrected chi connectivity index (χ2v) is 4.84. The molecular formula is C13H26N4. The van der Waals surface area contributed by atoms with Crippen LogP contribution in [-0.4, -0.2) is 41.9 Å². The summed E-state index contributed by atoms with van der Waals surface area (Å²) < 4.78 is 2.05. The average Bonchev–Trinajstić information content (AvgIpc) is 2.59. The van der Waals surface area contributed by atoms with E-state index in [4.69, 9.17) is 0 Å². The van der Waals surface area contributed by atoms with Crippen LogP contribution < -0.4 is 5.32 Å². The summed E-state index contributed by atoms with van der Waals surface area (Å²) in [5.41, 5.74) is 2.47. The first-order valence-electron chi connectivity index (χ1n) is 6.52. The van der Waals surface area contributed by atoms with E-state index in [0.29, 0.717) is 0 Å². The molecule has 1 N–H and O–H groups in total. The molecule has 0 amide bonds. The van der Waals surface area contributed by atoms with E-state index in [1.165, 1.54) is 12.0 Å². The Bertz CT molecular complexity index is 317. The number of rotatable bonds is 8. The molecule has 0 aliphatic heterocycles. The van der Waals surface area contributed by atoms with Crippen LogP contribution in [-0.2, 0) is 13.1 Å². The zero-order chi connectivity index (χ0) is 12.7. The van der Waals surface area contributed by atoms with Gasteiger partial charge in [-0.15, -0.1) is 0 Å². The molecule has 0 atom stereocenters. The fourth-order valence-electron chi connectivity index (χ4n) is 1.82. The highest BCUT2D eigenvalue weighted by Crippen LogP contribution is 2.05. The number of hydrogen-bond donors (Lipinski definition) is 1. The number of aromatic nitrogens is 2. The Morgan fingerprint density at radius 1 is 1.41 bits per heavy atom. The molecular weight excluding hydrogens is 212 g/mol. The van der Waals surface area contributed by atoms with Crippen molar-refractivity contribution in [1.82, 2.24) is 20.0 Å². The first-order chi connectivity index (χ1) is 8.13. The van der Waals surface area contributed by atoms with Crippen LogP contribution in [0, 0.1) is 6.92 Å². The van der Waals surface area contributed by atoms with E-state index in [1.54, 1.807) is 0 Å². The molecule has 4 heteroatoms. The molecule has 0 spiro atoms. The van der Waals surface area contributed by atoms with Crippen LogP contribution in [0.4, 0.5) is 0 Å². The van der Waals surface area contributed by atoms with Crippen molar-refractivity contribution in [3.05, 3.63) is 17.5 Å². The summed E-state index contributed by atoms with van der Waals surface area (Å²) >= 11 is 0. The second kappa shape index (κ2) is 7.45. The van der Waals surface area contributed by atoms with E-state index in [1.807, 2.05) is 4.68 Å². The van der Waals surface area contributed by atoms with Crippen LogP contribution in [0.5, 0.6) is 0 Å². The fourth-order valence-corrected chi connectivity index (χ4v) is 1.82. The van der Waals surface area contributed by atoms with Gasteiger partial charge in [-0.1, -0.05) is 6.92 Å². The van der Waals surface area contributed by atoms with Gasteiger partial charge in [-0.3, -0.25) is 4.68 Å². The highest BCUT2D eigenvalue weighted by atomic mass is 15.3. The van der Waals surface area contributed by atoms with Crippen molar-refractivity contribution in [2.45, 2.75) is 39.8 Å². The monoisotopic (exact) mass is 238 g/mol. The molecule has 0 bridgehead atoms. The second-order valence-electron chi connectivity index (χ2n) is 4.84. The maximum Gasteiger partial charge on any atom is 0.0638 e. The van der Waals surface area contributed by atoms with E-state index in [-0.39, 0.29) is 0 Å². The smallest absolute Gasteiger partial charge is 0.0638 e. The number of aryl methyl sites for hydroxylation is 2. The lowest BCUT2D eigenvalue weighted by atomic mass is 10.2. The molecule has 0 radical (unpaired) electrons. The van der Waals surface area contributed by atoms with E-state index in [2.05, 4.69) is 49.5 Å². The van der Waals surface area contributed by atoms with Gasteiger partial charge in [-0.2, -0.15) is 5.10 Å². The molecule has 0 aliphatic rings. The van der Waals surface area contributed by atoms with Crippen molar-refractivity contribution < 1.29 is 0 Å². The summed E-state index contributed by atoms with van der Waals surface area (Å²) in [6, 6.07) is 0. The molecule has 0 aromatic carbocycles. The molecule has 17 heavy (non-hydrogen) atoms. The van der Waals surface area contributed by atoms with E-state index in [0.717, 1.165) is 38.3 Å². The largest absolute Gasteiger partial charge is 0.312 e. The number of nitrogens with zero attached hydrogens (tertiary/aromatic N) is 3. The molecule has 0 saturated heterocycles. The van der Waals surface area contributed by atoms with Gasteiger partial charge >= 0.3 is 0 Å². The van der Waals surface area contributed by atoms with E-state index in [9.17, 15) is 0 Å². The third kappa shape index (κ3) is 5.33. The van der Waals surface area contributed by atoms with Gasteiger partial charge in [-0.05, 0) is 47.0 Å². The summed E-state index contributed by atoms with van der Waals surface area (Å²) in [5, 5.41) is 7.97. The van der Waals surface area contributed by atoms with Crippen LogP contribution in [0.1, 0.15) is 31.0 Å². The lowest BCUT2D eigenvalue weighted by Gasteiger charge is -2.09. The van der Waals surface area contributed by atoms with Crippen molar-refractivity contribution in [1.29, 1.82) is 0 Å². The minimum atomic E-state index is 0.934. The van der Waals surface area contributed by atoms with Crippen molar-refractivity contribution in [3.8, 4) is 0 Å². The average molecular weight is 238 g/mol. The molecule has 0 fully saturated rings. The van der Waals surface area contributed by atoms with Gasteiger partial charge in [0.05, 0.1) is 5.69 Å². The van der Waals surface area contributed by atoms with Crippen molar-refractivity contribution in [2.24, 2.45) is 0 Å². The molecule has 4 nitrogen and oxygen atoms in total. The molecule has 1 aromatic heterocycles. The van der Waals surface area contributed by atoms with Crippen molar-refractivity contribution in [3.63, 3.8) is 0 Å². The minimum absolute atomic E-state index is 0.934. The summed E-state index contributed by atoms with van der Waals surface area (Å²) in [6.45, 7) is 8.42. The maximum atomic E-state index is 4.50. The highest BCUT2D eigenvalue weighted by molar-refractivity contribution is 5.14. The molecule has 98 valence electrons. The summed E-state index contributed by atoms with van der Waals surface area (Å²) in [7, 11) is 4.22. The Balaban J connectivity index is 2.26. The first-order valence-corrected chi connectivity index (χ1v) is 6.52. The van der Waals surface area contributed by atoms with Crippen LogP contribution >= 0.6 is 0 Å². The van der Waals surface area contributed by atoms with Gasteiger partial charge in [0.25, 0.3) is 0 Å². The molecule has 0 saturated carbocycles. The number of hydrogen-bond acceptors (Lipinski definition) is 3. The highest BCUT2D eigenvalue weighted by Gasteiger charge is 2.03. The zero-order valence-electron chi connectivity index (χ0n) is 11.7. The van der Waals surface area contributed by atoms with Gasteiger partial charge in [0, 0.05) is 24.8 Å². The Labute approximate surface area is 105 Å². The van der Waals surface area contributed by atoms with E-state index >= 15 is 0 Å². The Hall–Kier alpha value is -0.870. The van der Waals surface area contributed by atoms with E-state index < -0.39 is 0 Å². The zero-order valence-corrected chi connectivity index (χ0v) is 11.7. The Morgan fingerprint density at radius 3 is 2.82 bits per heavy atom. The van der Waals surface area contributed by atoms with Crippen molar-refractivity contribution in [2.75, 3.05) is 27.2 Å². The predicted octanol–water partition coefficient (Wildman–Crippen LogP) is 1.64. The maximum absolute atomic E-state index is 4.50. The standard InChI is InChI=1S/C13H26N4/c1-5-8-17-11-13(12(2)15-17)10-14-7-6-9-16(3)4/h11,14H,5-10H2,1-4H3. The summed E-state index contributed by atoms with van der Waals surface area (Å²) in [6.07, 6.45) is 4.49. The van der Waals surface area contributed by atoms with Gasteiger partial charge in [0.1, 0.15) is 0 Å². The van der Waals surface area contributed by atoms with Crippen LogP contribution in [0.3, 0.4) is 0 Å². The van der Waals surface area contributed by atoms with Crippen LogP contribution in [0.25, 0.3) is 0 Å². The van der Waals surface area contributed by atoms with Gasteiger partial charge < -0.3 is 10.2 Å². The number of nitrogens with one attached hydrogen (secondary N) is 1. The topological polar surface area (TPSA) is 33.1 Å². The molecule has 0 unspecified atom stereocenters. The lowest BCUT2D eigenvalue weighted by Crippen LogP contribution is -2.21. The van der Waals surface area contributed by atoms with Gasteiger partial charge in [0.2, 0.25) is 0 Å². The summed E-state index contributed by atoms with van der Waals surface area (Å²) in [5.74, 6) is 0. The molecule has 1 heterocycles. The lowest BCUT2D eigenvalue weighted by molar-refractivity contribution is 0.394. The quantitative estimate of drug-likeness (QED) is 0.699. The normalized spacial score (nSPS) is 11.4. The third-order valence-corrected chi connectivity index (χ3v) is 2.78. The predicted molar refractivity (Wildman–Crippen MR) is 72.1 cm³/mol. The van der Waals surface area contributed by atoms with Gasteiger partial charge in [0.15, 0.2) is 0 Å². The van der Waals surface area contributed by atoms with Crippen LogP contribution in [0.15, 0.2) is 6.20 Å². The summed E-state index contributed by atoms with van der Waals surface area (Å²) in [4.78, 5) is 2.21. The fraction of sp³-hybridized carbons (Fsp3) is 0.769. The first kappa shape index (κ1) is 14.2. The Morgan fingerprint density at radius 2 is 2.18 bits per heavy atom. The van der Waals surface area contributed by atoms with Crippen molar-refractivity contribution >= 4 is 0 Å². The Kier molecular flexibility index (Phi) is 6.22. The molecule has 1 aromatic rings. The SMILES string of the molecule is CCCn1cc(CNCCCN(C)C)c(C)n1. The minimum Gasteiger partial charge on any atom is -0.312 e. The molecule has 0 aliphatic carbocycles.